The molecule has 0 bridgehead atoms. The van der Waals surface area contributed by atoms with Crippen molar-refractivity contribution >= 4 is 6.41 Å². The standard InChI is InChI=1S/C11H17NO3/c1-4-10(9(3)14)5-6-11(15)8(2)12-7-13/h4-9,14-15H,1H2,2-3H3,(H,12,13)/b10-5+,11-6+. The molecule has 0 saturated heterocycles. The van der Waals surface area contributed by atoms with E-state index in [-0.39, 0.29) is 5.76 Å². The Bertz CT molecular complexity index is 280. The normalized spacial score (nSPS) is 16.7. The Hall–Kier alpha value is -1.55. The fourth-order valence-corrected chi connectivity index (χ4v) is 0.891. The predicted octanol–water partition coefficient (Wildman–Crippen LogP) is 1.06. The van der Waals surface area contributed by atoms with E-state index in [1.807, 2.05) is 0 Å². The van der Waals surface area contributed by atoms with Crippen LogP contribution in [0.5, 0.6) is 0 Å². The second kappa shape index (κ2) is 6.84. The lowest BCUT2D eigenvalue weighted by atomic mass is 10.1. The summed E-state index contributed by atoms with van der Waals surface area (Å²) >= 11 is 0. The van der Waals surface area contributed by atoms with Gasteiger partial charge in [-0.3, -0.25) is 4.79 Å². The third kappa shape index (κ3) is 5.02. The minimum Gasteiger partial charge on any atom is -0.510 e. The summed E-state index contributed by atoms with van der Waals surface area (Å²) in [7, 11) is 0. The molecule has 0 radical (unpaired) electrons. The summed E-state index contributed by atoms with van der Waals surface area (Å²) in [5, 5.41) is 21.1. The molecule has 0 fully saturated rings. The maximum Gasteiger partial charge on any atom is 0.207 e. The lowest BCUT2D eigenvalue weighted by Crippen LogP contribution is -2.26. The van der Waals surface area contributed by atoms with Crippen LogP contribution in [0.2, 0.25) is 0 Å². The number of amides is 1. The van der Waals surface area contributed by atoms with Crippen LogP contribution in [0.3, 0.4) is 0 Å². The molecule has 2 unspecified atom stereocenters. The first-order valence-corrected chi connectivity index (χ1v) is 4.63. The van der Waals surface area contributed by atoms with Gasteiger partial charge in [0.15, 0.2) is 0 Å². The molecule has 0 aromatic heterocycles. The Labute approximate surface area is 89.6 Å². The van der Waals surface area contributed by atoms with Crippen LogP contribution in [-0.4, -0.2) is 28.8 Å². The highest BCUT2D eigenvalue weighted by atomic mass is 16.3. The third-order valence-electron chi connectivity index (χ3n) is 1.93. The molecule has 15 heavy (non-hydrogen) atoms. The van der Waals surface area contributed by atoms with E-state index < -0.39 is 12.1 Å². The van der Waals surface area contributed by atoms with Crippen LogP contribution in [0.15, 0.2) is 36.1 Å². The lowest BCUT2D eigenvalue weighted by molar-refractivity contribution is -0.110. The van der Waals surface area contributed by atoms with Crippen molar-refractivity contribution in [3.05, 3.63) is 36.1 Å². The van der Waals surface area contributed by atoms with Gasteiger partial charge in [0.1, 0.15) is 5.76 Å². The van der Waals surface area contributed by atoms with Crippen LogP contribution in [0, 0.1) is 0 Å². The summed E-state index contributed by atoms with van der Waals surface area (Å²) < 4.78 is 0. The molecule has 0 saturated carbocycles. The first-order chi connectivity index (χ1) is 7.02. The number of aliphatic hydroxyl groups excluding tert-OH is 2. The Morgan fingerprint density at radius 2 is 2.00 bits per heavy atom. The Balaban J connectivity index is 4.60. The topological polar surface area (TPSA) is 69.6 Å². The smallest absolute Gasteiger partial charge is 0.207 e. The Morgan fingerprint density at radius 3 is 2.40 bits per heavy atom. The third-order valence-corrected chi connectivity index (χ3v) is 1.93. The number of carbonyl (C=O) groups excluding carboxylic acids is 1. The molecule has 3 N–H and O–H groups in total. The van der Waals surface area contributed by atoms with E-state index in [0.29, 0.717) is 12.0 Å². The molecular formula is C11H17NO3. The van der Waals surface area contributed by atoms with Crippen molar-refractivity contribution in [2.75, 3.05) is 0 Å². The van der Waals surface area contributed by atoms with Crippen LogP contribution in [-0.2, 0) is 4.79 Å². The lowest BCUT2D eigenvalue weighted by Gasteiger charge is -2.08. The highest BCUT2D eigenvalue weighted by molar-refractivity contribution is 5.47. The first kappa shape index (κ1) is 13.4. The van der Waals surface area contributed by atoms with Gasteiger partial charge in [0.2, 0.25) is 6.41 Å². The van der Waals surface area contributed by atoms with Gasteiger partial charge in [-0.15, -0.1) is 0 Å². The van der Waals surface area contributed by atoms with Crippen molar-refractivity contribution in [2.24, 2.45) is 0 Å². The average molecular weight is 211 g/mol. The van der Waals surface area contributed by atoms with Crippen molar-refractivity contribution in [3.63, 3.8) is 0 Å². The molecule has 1 amide bonds. The van der Waals surface area contributed by atoms with Gasteiger partial charge in [-0.25, -0.2) is 0 Å². The van der Waals surface area contributed by atoms with Crippen LogP contribution in [0.1, 0.15) is 13.8 Å². The van der Waals surface area contributed by atoms with Gasteiger partial charge >= 0.3 is 0 Å². The molecule has 2 atom stereocenters. The second-order valence-electron chi connectivity index (χ2n) is 3.14. The number of carbonyl (C=O) groups is 1. The van der Waals surface area contributed by atoms with Crippen molar-refractivity contribution < 1.29 is 15.0 Å². The molecule has 4 heteroatoms. The molecule has 84 valence electrons. The van der Waals surface area contributed by atoms with E-state index in [1.54, 1.807) is 19.9 Å². The summed E-state index contributed by atoms with van der Waals surface area (Å²) in [4.78, 5) is 10.1. The van der Waals surface area contributed by atoms with Gasteiger partial charge in [-0.05, 0) is 25.5 Å². The fourth-order valence-electron chi connectivity index (χ4n) is 0.891. The summed E-state index contributed by atoms with van der Waals surface area (Å²) in [5.74, 6) is 0.0158. The number of rotatable bonds is 6. The summed E-state index contributed by atoms with van der Waals surface area (Å²) in [6.45, 7) is 6.78. The number of hydrogen-bond donors (Lipinski definition) is 3. The molecule has 0 aliphatic carbocycles. The molecule has 0 spiro atoms. The molecule has 0 aliphatic heterocycles. The summed E-state index contributed by atoms with van der Waals surface area (Å²) in [6, 6.07) is -0.446. The maximum absolute atomic E-state index is 10.1. The number of allylic oxidation sites excluding steroid dienone is 2. The molecular weight excluding hydrogens is 194 g/mol. The van der Waals surface area contributed by atoms with E-state index >= 15 is 0 Å². The zero-order valence-corrected chi connectivity index (χ0v) is 8.97. The van der Waals surface area contributed by atoms with Crippen molar-refractivity contribution in [2.45, 2.75) is 26.0 Å². The molecule has 0 aromatic carbocycles. The second-order valence-corrected chi connectivity index (χ2v) is 3.14. The van der Waals surface area contributed by atoms with Crippen molar-refractivity contribution in [1.29, 1.82) is 0 Å². The molecule has 0 aliphatic rings. The van der Waals surface area contributed by atoms with Gasteiger partial charge in [0.05, 0.1) is 12.1 Å². The van der Waals surface area contributed by atoms with Gasteiger partial charge < -0.3 is 15.5 Å². The van der Waals surface area contributed by atoms with E-state index in [0.717, 1.165) is 0 Å². The fraction of sp³-hybridized carbons (Fsp3) is 0.364. The van der Waals surface area contributed by atoms with Crippen molar-refractivity contribution in [1.82, 2.24) is 5.32 Å². The van der Waals surface area contributed by atoms with Crippen LogP contribution in [0.25, 0.3) is 0 Å². The minimum atomic E-state index is -0.638. The number of nitrogens with one attached hydrogen (secondary N) is 1. The van der Waals surface area contributed by atoms with Crippen molar-refractivity contribution in [3.8, 4) is 0 Å². The number of hydrogen-bond acceptors (Lipinski definition) is 3. The minimum absolute atomic E-state index is 0.0158. The molecule has 0 heterocycles. The predicted molar refractivity (Wildman–Crippen MR) is 59.3 cm³/mol. The molecule has 4 nitrogen and oxygen atoms in total. The van der Waals surface area contributed by atoms with E-state index in [2.05, 4.69) is 11.9 Å². The van der Waals surface area contributed by atoms with Gasteiger partial charge in [0.25, 0.3) is 0 Å². The Morgan fingerprint density at radius 1 is 1.40 bits per heavy atom. The highest BCUT2D eigenvalue weighted by Gasteiger charge is 2.04. The average Bonchev–Trinajstić information content (AvgIpc) is 2.18. The highest BCUT2D eigenvalue weighted by Crippen LogP contribution is 2.05. The monoisotopic (exact) mass is 211 g/mol. The largest absolute Gasteiger partial charge is 0.510 e. The van der Waals surface area contributed by atoms with Crippen LogP contribution < -0.4 is 5.32 Å². The van der Waals surface area contributed by atoms with Gasteiger partial charge in [-0.2, -0.15) is 0 Å². The summed E-state index contributed by atoms with van der Waals surface area (Å²) in [5.41, 5.74) is 0.597. The number of aliphatic hydroxyl groups is 2. The SMILES string of the molecule is C=C/C(=C\C=C(\O)C(C)NC=O)C(C)O. The van der Waals surface area contributed by atoms with E-state index in [4.69, 9.17) is 0 Å². The quantitative estimate of drug-likeness (QED) is 0.349. The zero-order valence-electron chi connectivity index (χ0n) is 8.97. The molecule has 0 aromatic rings. The van der Waals surface area contributed by atoms with Gasteiger partial charge in [-0.1, -0.05) is 18.7 Å². The summed E-state index contributed by atoms with van der Waals surface area (Å²) in [6.07, 6.45) is 4.36. The zero-order chi connectivity index (χ0) is 11.8. The van der Waals surface area contributed by atoms with Crippen LogP contribution >= 0.6 is 0 Å². The molecule has 0 rings (SSSR count). The Kier molecular flexibility index (Phi) is 6.13. The van der Waals surface area contributed by atoms with E-state index in [9.17, 15) is 15.0 Å². The van der Waals surface area contributed by atoms with Crippen LogP contribution in [0.4, 0.5) is 0 Å². The first-order valence-electron chi connectivity index (χ1n) is 4.63. The van der Waals surface area contributed by atoms with Gasteiger partial charge in [0, 0.05) is 0 Å². The van der Waals surface area contributed by atoms with E-state index in [1.165, 1.54) is 12.2 Å². The maximum atomic E-state index is 10.1.